The lowest BCUT2D eigenvalue weighted by molar-refractivity contribution is -0.168. The fraction of sp³-hybridized carbons (Fsp3) is 0.727. The SMILES string of the molecule is CC(C)=CCC1C(=O)C(C(=O)CC(C)C)C(=O)C(O)(CC(C)C(C)C)C1=O. The normalized spacial score (nSPS) is 27.3. The Bertz CT molecular complexity index is 639. The van der Waals surface area contributed by atoms with Gasteiger partial charge < -0.3 is 5.11 Å². The van der Waals surface area contributed by atoms with Gasteiger partial charge in [-0.05, 0) is 44.4 Å². The number of ketones is 4. The lowest BCUT2D eigenvalue weighted by Gasteiger charge is -2.38. The molecule has 0 radical (unpaired) electrons. The summed E-state index contributed by atoms with van der Waals surface area (Å²) in [5.74, 6) is -5.50. The van der Waals surface area contributed by atoms with E-state index in [-0.39, 0.29) is 37.0 Å². The Hall–Kier alpha value is -1.62. The van der Waals surface area contributed by atoms with E-state index in [4.69, 9.17) is 0 Å². The zero-order valence-electron chi connectivity index (χ0n) is 17.7. The van der Waals surface area contributed by atoms with Crippen molar-refractivity contribution in [2.24, 2.45) is 29.6 Å². The molecule has 5 heteroatoms. The van der Waals surface area contributed by atoms with Crippen LogP contribution in [0.5, 0.6) is 0 Å². The Labute approximate surface area is 162 Å². The highest BCUT2D eigenvalue weighted by molar-refractivity contribution is 6.35. The van der Waals surface area contributed by atoms with Crippen molar-refractivity contribution >= 4 is 23.1 Å². The molecule has 1 aliphatic rings. The summed E-state index contributed by atoms with van der Waals surface area (Å²) in [5.41, 5.74) is -1.34. The average molecular weight is 379 g/mol. The van der Waals surface area contributed by atoms with Crippen LogP contribution in [-0.4, -0.2) is 33.8 Å². The van der Waals surface area contributed by atoms with E-state index in [0.717, 1.165) is 5.57 Å². The Morgan fingerprint density at radius 3 is 2.07 bits per heavy atom. The number of rotatable bonds is 8. The molecule has 0 aromatic carbocycles. The number of carbonyl (C=O) groups excluding carboxylic acids is 4. The van der Waals surface area contributed by atoms with Crippen LogP contribution in [0.25, 0.3) is 0 Å². The smallest absolute Gasteiger partial charge is 0.189 e. The van der Waals surface area contributed by atoms with Crippen molar-refractivity contribution in [1.29, 1.82) is 0 Å². The standard InChI is InChI=1S/C22H34O5/c1-12(2)8-9-16-19(24)18(17(23)10-13(3)4)21(26)22(27,20(16)25)11-15(7)14(5)6/h8,13-16,18,27H,9-11H2,1-7H3. The van der Waals surface area contributed by atoms with Gasteiger partial charge in [-0.3, -0.25) is 19.2 Å². The quantitative estimate of drug-likeness (QED) is 0.517. The molecule has 0 aromatic heterocycles. The van der Waals surface area contributed by atoms with Gasteiger partial charge in [0.1, 0.15) is 5.92 Å². The van der Waals surface area contributed by atoms with E-state index < -0.39 is 40.6 Å². The molecule has 0 amide bonds. The Balaban J connectivity index is 3.38. The summed E-state index contributed by atoms with van der Waals surface area (Å²) in [6.45, 7) is 13.1. The monoisotopic (exact) mass is 378 g/mol. The lowest BCUT2D eigenvalue weighted by Crippen LogP contribution is -2.62. The molecule has 1 saturated carbocycles. The second-order valence-corrected chi connectivity index (χ2v) is 8.98. The largest absolute Gasteiger partial charge is 0.374 e. The third-order valence-corrected chi connectivity index (χ3v) is 5.47. The van der Waals surface area contributed by atoms with E-state index in [1.54, 1.807) is 6.08 Å². The van der Waals surface area contributed by atoms with Gasteiger partial charge in [-0.1, -0.05) is 46.3 Å². The van der Waals surface area contributed by atoms with Crippen LogP contribution >= 0.6 is 0 Å². The van der Waals surface area contributed by atoms with Crippen LogP contribution in [0, 0.1) is 29.6 Å². The van der Waals surface area contributed by atoms with E-state index in [0.29, 0.717) is 0 Å². The predicted octanol–water partition coefficient (Wildman–Crippen LogP) is 3.32. The van der Waals surface area contributed by atoms with Gasteiger partial charge in [-0.25, -0.2) is 0 Å². The summed E-state index contributed by atoms with van der Waals surface area (Å²) in [6.07, 6.45) is 1.86. The molecule has 1 aliphatic carbocycles. The second kappa shape index (κ2) is 9.05. The van der Waals surface area contributed by atoms with Gasteiger partial charge in [-0.15, -0.1) is 0 Å². The summed E-state index contributed by atoms with van der Waals surface area (Å²) in [5, 5.41) is 11.1. The van der Waals surface area contributed by atoms with Gasteiger partial charge in [0, 0.05) is 6.42 Å². The first-order valence-corrected chi connectivity index (χ1v) is 9.83. The maximum atomic E-state index is 13.0. The molecule has 5 nitrogen and oxygen atoms in total. The maximum Gasteiger partial charge on any atom is 0.189 e. The average Bonchev–Trinajstić information content (AvgIpc) is 2.52. The highest BCUT2D eigenvalue weighted by atomic mass is 16.3. The summed E-state index contributed by atoms with van der Waals surface area (Å²) in [6, 6.07) is 0. The zero-order chi connectivity index (χ0) is 21.1. The van der Waals surface area contributed by atoms with Crippen LogP contribution in [0.15, 0.2) is 11.6 Å². The van der Waals surface area contributed by atoms with Crippen molar-refractivity contribution in [3.63, 3.8) is 0 Å². The van der Waals surface area contributed by atoms with Crippen molar-refractivity contribution in [2.75, 3.05) is 0 Å². The molecule has 0 spiro atoms. The van der Waals surface area contributed by atoms with Gasteiger partial charge in [0.05, 0.1) is 5.92 Å². The second-order valence-electron chi connectivity index (χ2n) is 8.98. The van der Waals surface area contributed by atoms with Gasteiger partial charge in [0.2, 0.25) is 0 Å². The summed E-state index contributed by atoms with van der Waals surface area (Å²) in [7, 11) is 0. The molecule has 1 rings (SSSR count). The van der Waals surface area contributed by atoms with E-state index in [2.05, 4.69) is 0 Å². The lowest BCUT2D eigenvalue weighted by atomic mass is 9.63. The number of hydrogen-bond donors (Lipinski definition) is 1. The number of aliphatic hydroxyl groups is 1. The molecule has 27 heavy (non-hydrogen) atoms. The van der Waals surface area contributed by atoms with Gasteiger partial charge >= 0.3 is 0 Å². The van der Waals surface area contributed by atoms with Crippen LogP contribution in [0.4, 0.5) is 0 Å². The fourth-order valence-electron chi connectivity index (χ4n) is 3.41. The molecule has 0 heterocycles. The summed E-state index contributed by atoms with van der Waals surface area (Å²) >= 11 is 0. The third-order valence-electron chi connectivity index (χ3n) is 5.47. The number of Topliss-reactive ketones (excluding diaryl/α,β-unsaturated/α-hetero) is 4. The third kappa shape index (κ3) is 5.22. The van der Waals surface area contributed by atoms with Crippen molar-refractivity contribution in [3.8, 4) is 0 Å². The molecule has 1 fully saturated rings. The number of hydrogen-bond acceptors (Lipinski definition) is 5. The molecular weight excluding hydrogens is 344 g/mol. The van der Waals surface area contributed by atoms with Gasteiger partial charge in [0.25, 0.3) is 0 Å². The first-order chi connectivity index (χ1) is 12.3. The summed E-state index contributed by atoms with van der Waals surface area (Å²) in [4.78, 5) is 51.5. The van der Waals surface area contributed by atoms with Crippen LogP contribution < -0.4 is 0 Å². The van der Waals surface area contributed by atoms with Crippen molar-refractivity contribution < 1.29 is 24.3 Å². The van der Waals surface area contributed by atoms with Crippen LogP contribution in [0.2, 0.25) is 0 Å². The molecule has 4 atom stereocenters. The van der Waals surface area contributed by atoms with Crippen molar-refractivity contribution in [3.05, 3.63) is 11.6 Å². The Kier molecular flexibility index (Phi) is 7.85. The van der Waals surface area contributed by atoms with Gasteiger partial charge in [-0.2, -0.15) is 0 Å². The highest BCUT2D eigenvalue weighted by Gasteiger charge is 2.59. The molecule has 0 saturated heterocycles. The molecule has 152 valence electrons. The number of allylic oxidation sites excluding steroid dienone is 2. The molecule has 0 bridgehead atoms. The molecular formula is C22H34O5. The molecule has 4 unspecified atom stereocenters. The molecule has 1 N–H and O–H groups in total. The predicted molar refractivity (Wildman–Crippen MR) is 104 cm³/mol. The first kappa shape index (κ1) is 23.4. The first-order valence-electron chi connectivity index (χ1n) is 9.83. The summed E-state index contributed by atoms with van der Waals surface area (Å²) < 4.78 is 0. The molecule has 0 aromatic rings. The minimum atomic E-state index is -2.27. The number of carbonyl (C=O) groups is 4. The minimum Gasteiger partial charge on any atom is -0.374 e. The minimum absolute atomic E-state index is 0.0189. The van der Waals surface area contributed by atoms with Gasteiger partial charge in [0.15, 0.2) is 28.7 Å². The van der Waals surface area contributed by atoms with E-state index in [9.17, 15) is 24.3 Å². The van der Waals surface area contributed by atoms with E-state index in [1.807, 2.05) is 48.5 Å². The van der Waals surface area contributed by atoms with Crippen molar-refractivity contribution in [1.82, 2.24) is 0 Å². The van der Waals surface area contributed by atoms with Crippen LogP contribution in [0.1, 0.15) is 67.7 Å². The topological polar surface area (TPSA) is 88.5 Å². The zero-order valence-corrected chi connectivity index (χ0v) is 17.7. The van der Waals surface area contributed by atoms with Crippen molar-refractivity contribution in [2.45, 2.75) is 73.3 Å². The Morgan fingerprint density at radius 1 is 1.07 bits per heavy atom. The molecule has 0 aliphatic heterocycles. The van der Waals surface area contributed by atoms with E-state index >= 15 is 0 Å². The highest BCUT2D eigenvalue weighted by Crippen LogP contribution is 2.37. The van der Waals surface area contributed by atoms with E-state index in [1.165, 1.54) is 0 Å². The Morgan fingerprint density at radius 2 is 1.63 bits per heavy atom. The fourth-order valence-corrected chi connectivity index (χ4v) is 3.41. The van der Waals surface area contributed by atoms with Crippen LogP contribution in [0.3, 0.4) is 0 Å². The van der Waals surface area contributed by atoms with Crippen LogP contribution in [-0.2, 0) is 19.2 Å². The maximum absolute atomic E-state index is 13.0.